The van der Waals surface area contributed by atoms with Gasteiger partial charge >= 0.3 is 0 Å². The maximum Gasteiger partial charge on any atom is 0.177 e. The van der Waals surface area contributed by atoms with E-state index in [1.165, 1.54) is 0 Å². The number of ketones is 1. The summed E-state index contributed by atoms with van der Waals surface area (Å²) in [4.78, 5) is 12.3. The van der Waals surface area contributed by atoms with E-state index in [4.69, 9.17) is 21.1 Å². The van der Waals surface area contributed by atoms with Crippen LogP contribution in [0.3, 0.4) is 0 Å². The first-order chi connectivity index (χ1) is 10.1. The molecule has 21 heavy (non-hydrogen) atoms. The fourth-order valence-corrected chi connectivity index (χ4v) is 2.17. The number of para-hydroxylation sites is 1. The Hall–Kier alpha value is -2.00. The molecule has 0 heterocycles. The Balaban J connectivity index is 2.02. The number of hydrogen-bond acceptors (Lipinski definition) is 3. The van der Waals surface area contributed by atoms with E-state index < -0.39 is 6.10 Å². The molecule has 2 rings (SSSR count). The minimum absolute atomic E-state index is 0.0144. The molecule has 0 N–H and O–H groups in total. The largest absolute Gasteiger partial charge is 0.496 e. The van der Waals surface area contributed by atoms with Gasteiger partial charge < -0.3 is 9.47 Å². The molecule has 4 heteroatoms. The van der Waals surface area contributed by atoms with Gasteiger partial charge in [0.2, 0.25) is 0 Å². The second-order valence-electron chi connectivity index (χ2n) is 4.67. The molecule has 0 radical (unpaired) electrons. The van der Waals surface area contributed by atoms with Crippen LogP contribution in [-0.4, -0.2) is 19.0 Å². The first kappa shape index (κ1) is 15.4. The maximum atomic E-state index is 12.3. The molecule has 0 aliphatic heterocycles. The van der Waals surface area contributed by atoms with Crippen molar-refractivity contribution in [1.29, 1.82) is 0 Å². The van der Waals surface area contributed by atoms with Crippen LogP contribution in [0.15, 0.2) is 48.5 Å². The van der Waals surface area contributed by atoms with E-state index >= 15 is 0 Å². The van der Waals surface area contributed by atoms with Crippen molar-refractivity contribution in [3.8, 4) is 11.5 Å². The molecule has 0 fully saturated rings. The highest BCUT2D eigenvalue weighted by atomic mass is 35.5. The molecular weight excluding hydrogens is 288 g/mol. The summed E-state index contributed by atoms with van der Waals surface area (Å²) in [5.41, 5.74) is 0.853. The van der Waals surface area contributed by atoms with Crippen LogP contribution in [0, 0.1) is 0 Å². The summed E-state index contributed by atoms with van der Waals surface area (Å²) in [5, 5.41) is 0.580. The van der Waals surface area contributed by atoms with Crippen LogP contribution in [0.4, 0.5) is 0 Å². The molecule has 0 saturated carbocycles. The van der Waals surface area contributed by atoms with Gasteiger partial charge in [-0.25, -0.2) is 0 Å². The van der Waals surface area contributed by atoms with Crippen LogP contribution < -0.4 is 9.47 Å². The number of halogens is 1. The van der Waals surface area contributed by atoms with Gasteiger partial charge in [0.15, 0.2) is 11.9 Å². The van der Waals surface area contributed by atoms with Crippen molar-refractivity contribution < 1.29 is 14.3 Å². The first-order valence-electron chi connectivity index (χ1n) is 6.67. The summed E-state index contributed by atoms with van der Waals surface area (Å²) in [6, 6.07) is 14.5. The van der Waals surface area contributed by atoms with Crippen molar-refractivity contribution >= 4 is 17.4 Å². The van der Waals surface area contributed by atoms with Gasteiger partial charge in [0, 0.05) is 17.0 Å². The highest BCUT2D eigenvalue weighted by Crippen LogP contribution is 2.21. The van der Waals surface area contributed by atoms with Crippen molar-refractivity contribution in [2.75, 3.05) is 7.11 Å². The average Bonchev–Trinajstić information content (AvgIpc) is 2.47. The Labute approximate surface area is 129 Å². The zero-order valence-electron chi connectivity index (χ0n) is 12.0. The molecule has 1 atom stereocenters. The molecule has 0 saturated heterocycles. The Morgan fingerprint density at radius 2 is 1.95 bits per heavy atom. The van der Waals surface area contributed by atoms with Gasteiger partial charge in [-0.05, 0) is 31.2 Å². The molecule has 110 valence electrons. The van der Waals surface area contributed by atoms with Crippen molar-refractivity contribution in [2.24, 2.45) is 0 Å². The molecule has 2 aromatic carbocycles. The number of rotatable bonds is 6. The molecule has 0 spiro atoms. The lowest BCUT2D eigenvalue weighted by atomic mass is 10.1. The van der Waals surface area contributed by atoms with Crippen LogP contribution in [0.25, 0.3) is 0 Å². The molecule has 0 aliphatic carbocycles. The van der Waals surface area contributed by atoms with E-state index in [0.717, 1.165) is 5.56 Å². The van der Waals surface area contributed by atoms with Crippen molar-refractivity contribution in [3.05, 3.63) is 59.1 Å². The van der Waals surface area contributed by atoms with Gasteiger partial charge in [-0.3, -0.25) is 4.79 Å². The molecule has 3 nitrogen and oxygen atoms in total. The average molecular weight is 305 g/mol. The zero-order valence-corrected chi connectivity index (χ0v) is 12.8. The third-order valence-electron chi connectivity index (χ3n) is 3.12. The lowest BCUT2D eigenvalue weighted by Crippen LogP contribution is -2.25. The fraction of sp³-hybridized carbons (Fsp3) is 0.235. The number of methoxy groups -OCH3 is 1. The van der Waals surface area contributed by atoms with E-state index in [1.807, 2.05) is 24.3 Å². The molecular formula is C17H17ClO3. The molecule has 1 unspecified atom stereocenters. The van der Waals surface area contributed by atoms with Crippen molar-refractivity contribution in [2.45, 2.75) is 19.4 Å². The summed E-state index contributed by atoms with van der Waals surface area (Å²) >= 11 is 5.90. The van der Waals surface area contributed by atoms with Gasteiger partial charge in [0.05, 0.1) is 7.11 Å². The van der Waals surface area contributed by atoms with Gasteiger partial charge in [0.25, 0.3) is 0 Å². The maximum absolute atomic E-state index is 12.3. The summed E-state index contributed by atoms with van der Waals surface area (Å²) in [7, 11) is 1.59. The Morgan fingerprint density at radius 1 is 1.19 bits per heavy atom. The number of ether oxygens (including phenoxy) is 2. The lowest BCUT2D eigenvalue weighted by Gasteiger charge is -2.15. The van der Waals surface area contributed by atoms with E-state index in [1.54, 1.807) is 38.3 Å². The van der Waals surface area contributed by atoms with Crippen LogP contribution in [0.2, 0.25) is 5.02 Å². The summed E-state index contributed by atoms with van der Waals surface area (Å²) in [6.45, 7) is 1.73. The predicted molar refractivity (Wildman–Crippen MR) is 83.2 cm³/mol. The number of Topliss-reactive ketones (excluding diaryl/α,β-unsaturated/α-hetero) is 1. The van der Waals surface area contributed by atoms with E-state index in [0.29, 0.717) is 16.5 Å². The normalized spacial score (nSPS) is 11.8. The van der Waals surface area contributed by atoms with Crippen LogP contribution >= 0.6 is 11.6 Å². The third-order valence-corrected chi connectivity index (χ3v) is 3.35. The highest BCUT2D eigenvalue weighted by Gasteiger charge is 2.17. The number of benzene rings is 2. The smallest absolute Gasteiger partial charge is 0.177 e. The van der Waals surface area contributed by atoms with Crippen LogP contribution in [0.1, 0.15) is 12.5 Å². The second kappa shape index (κ2) is 7.14. The summed E-state index contributed by atoms with van der Waals surface area (Å²) < 4.78 is 10.9. The van der Waals surface area contributed by atoms with Crippen molar-refractivity contribution in [1.82, 2.24) is 0 Å². The fourth-order valence-electron chi connectivity index (χ4n) is 1.99. The van der Waals surface area contributed by atoms with Gasteiger partial charge in [-0.2, -0.15) is 0 Å². The van der Waals surface area contributed by atoms with Crippen molar-refractivity contribution in [3.63, 3.8) is 0 Å². The number of carbonyl (C=O) groups is 1. The van der Waals surface area contributed by atoms with E-state index in [9.17, 15) is 4.79 Å². The zero-order chi connectivity index (χ0) is 15.2. The molecule has 2 aromatic rings. The standard InChI is InChI=1S/C17H17ClO3/c1-12(21-15-8-5-7-14(18)11-15)16(19)10-13-6-3-4-9-17(13)20-2/h3-9,11-12H,10H2,1-2H3. The van der Waals surface area contributed by atoms with Crippen LogP contribution in [-0.2, 0) is 11.2 Å². The third kappa shape index (κ3) is 4.23. The predicted octanol–water partition coefficient (Wildman–Crippen LogP) is 3.93. The Bertz CT molecular complexity index is 625. The van der Waals surface area contributed by atoms with Gasteiger partial charge in [-0.15, -0.1) is 0 Å². The second-order valence-corrected chi connectivity index (χ2v) is 5.11. The van der Waals surface area contributed by atoms with Crippen LogP contribution in [0.5, 0.6) is 11.5 Å². The van der Waals surface area contributed by atoms with Gasteiger partial charge in [-0.1, -0.05) is 35.9 Å². The molecule has 0 aromatic heterocycles. The monoisotopic (exact) mass is 304 g/mol. The van der Waals surface area contributed by atoms with E-state index in [2.05, 4.69) is 0 Å². The number of carbonyl (C=O) groups excluding carboxylic acids is 1. The van der Waals surface area contributed by atoms with Gasteiger partial charge in [0.1, 0.15) is 11.5 Å². The Morgan fingerprint density at radius 3 is 2.67 bits per heavy atom. The lowest BCUT2D eigenvalue weighted by molar-refractivity contribution is -0.124. The quantitative estimate of drug-likeness (QED) is 0.811. The number of hydrogen-bond donors (Lipinski definition) is 0. The minimum Gasteiger partial charge on any atom is -0.496 e. The minimum atomic E-state index is -0.548. The summed E-state index contributed by atoms with van der Waals surface area (Å²) in [5.74, 6) is 1.28. The molecule has 0 bridgehead atoms. The molecule has 0 amide bonds. The molecule has 0 aliphatic rings. The SMILES string of the molecule is COc1ccccc1CC(=O)C(C)Oc1cccc(Cl)c1. The first-order valence-corrected chi connectivity index (χ1v) is 7.05. The van der Waals surface area contributed by atoms with E-state index in [-0.39, 0.29) is 12.2 Å². The Kier molecular flexibility index (Phi) is 5.23. The topological polar surface area (TPSA) is 35.5 Å². The summed E-state index contributed by atoms with van der Waals surface area (Å²) in [6.07, 6.45) is -0.278. The highest BCUT2D eigenvalue weighted by molar-refractivity contribution is 6.30.